The summed E-state index contributed by atoms with van der Waals surface area (Å²) in [7, 11) is 0. The fraction of sp³-hybridized carbons (Fsp3) is 0.647. The maximum atomic E-state index is 5.75. The number of ether oxygens (including phenoxy) is 1. The second kappa shape index (κ2) is 6.59. The average molecular weight is 274 g/mol. The van der Waals surface area contributed by atoms with Crippen LogP contribution in [0.1, 0.15) is 38.2 Å². The largest absolute Gasteiger partial charge is 0.378 e. The number of nitrogens with zero attached hydrogens (tertiary/aromatic N) is 1. The number of rotatable bonds is 6. The molecule has 3 nitrogen and oxygen atoms in total. The molecule has 2 aliphatic rings. The van der Waals surface area contributed by atoms with E-state index in [1.807, 2.05) is 0 Å². The first-order chi connectivity index (χ1) is 9.86. The van der Waals surface area contributed by atoms with Crippen LogP contribution < -0.4 is 10.2 Å². The SMILES string of the molecule is CCOC1CCN(c2ccccc2CNC2CC2)CC1. The Hall–Kier alpha value is -1.06. The summed E-state index contributed by atoms with van der Waals surface area (Å²) in [5.41, 5.74) is 2.85. The van der Waals surface area contributed by atoms with Crippen LogP contribution in [0.4, 0.5) is 5.69 Å². The van der Waals surface area contributed by atoms with Crippen molar-refractivity contribution in [1.82, 2.24) is 5.32 Å². The number of benzene rings is 1. The molecule has 20 heavy (non-hydrogen) atoms. The van der Waals surface area contributed by atoms with Gasteiger partial charge >= 0.3 is 0 Å². The lowest BCUT2D eigenvalue weighted by atomic mass is 10.0. The predicted molar refractivity (Wildman–Crippen MR) is 83.2 cm³/mol. The third-order valence-corrected chi connectivity index (χ3v) is 4.34. The number of nitrogens with one attached hydrogen (secondary N) is 1. The van der Waals surface area contributed by atoms with Crippen molar-refractivity contribution in [3.05, 3.63) is 29.8 Å². The first kappa shape index (κ1) is 13.9. The van der Waals surface area contributed by atoms with Gasteiger partial charge in [0, 0.05) is 38.0 Å². The molecule has 0 bridgehead atoms. The van der Waals surface area contributed by atoms with E-state index in [1.54, 1.807) is 0 Å². The van der Waals surface area contributed by atoms with Crippen molar-refractivity contribution in [2.24, 2.45) is 0 Å². The first-order valence-electron chi connectivity index (χ1n) is 8.04. The van der Waals surface area contributed by atoms with Gasteiger partial charge < -0.3 is 15.0 Å². The zero-order valence-electron chi connectivity index (χ0n) is 12.5. The van der Waals surface area contributed by atoms with Gasteiger partial charge in [-0.1, -0.05) is 18.2 Å². The van der Waals surface area contributed by atoms with Crippen LogP contribution in [-0.4, -0.2) is 31.8 Å². The normalized spacial score (nSPS) is 20.4. The van der Waals surface area contributed by atoms with Crippen LogP contribution in [0.3, 0.4) is 0 Å². The molecule has 1 N–H and O–H groups in total. The molecule has 0 spiro atoms. The topological polar surface area (TPSA) is 24.5 Å². The summed E-state index contributed by atoms with van der Waals surface area (Å²) < 4.78 is 5.75. The maximum absolute atomic E-state index is 5.75. The molecule has 0 unspecified atom stereocenters. The van der Waals surface area contributed by atoms with Crippen LogP contribution in [0.5, 0.6) is 0 Å². The van der Waals surface area contributed by atoms with Crippen molar-refractivity contribution in [3.8, 4) is 0 Å². The van der Waals surface area contributed by atoms with Gasteiger partial charge in [0.25, 0.3) is 0 Å². The van der Waals surface area contributed by atoms with Crippen molar-refractivity contribution in [3.63, 3.8) is 0 Å². The van der Waals surface area contributed by atoms with Gasteiger partial charge in [0.15, 0.2) is 0 Å². The average Bonchev–Trinajstić information content (AvgIpc) is 3.31. The van der Waals surface area contributed by atoms with Crippen molar-refractivity contribution >= 4 is 5.69 Å². The minimum Gasteiger partial charge on any atom is -0.378 e. The van der Waals surface area contributed by atoms with Crippen LogP contribution in [0.25, 0.3) is 0 Å². The van der Waals surface area contributed by atoms with Gasteiger partial charge in [0.1, 0.15) is 0 Å². The molecule has 1 saturated heterocycles. The van der Waals surface area contributed by atoms with Gasteiger partial charge in [0.05, 0.1) is 6.10 Å². The second-order valence-electron chi connectivity index (χ2n) is 5.93. The zero-order valence-corrected chi connectivity index (χ0v) is 12.5. The summed E-state index contributed by atoms with van der Waals surface area (Å²) in [5.74, 6) is 0. The molecule has 110 valence electrons. The highest BCUT2D eigenvalue weighted by Gasteiger charge is 2.23. The van der Waals surface area contributed by atoms with E-state index < -0.39 is 0 Å². The van der Waals surface area contributed by atoms with Gasteiger partial charge in [-0.05, 0) is 44.2 Å². The molecule has 0 radical (unpaired) electrons. The Kier molecular flexibility index (Phi) is 4.58. The molecule has 3 rings (SSSR count). The van der Waals surface area contributed by atoms with E-state index in [9.17, 15) is 0 Å². The highest BCUT2D eigenvalue weighted by atomic mass is 16.5. The molecule has 0 amide bonds. The van der Waals surface area contributed by atoms with E-state index in [1.165, 1.54) is 24.1 Å². The Labute approximate surface area is 122 Å². The third kappa shape index (κ3) is 3.53. The number of para-hydroxylation sites is 1. The summed E-state index contributed by atoms with van der Waals surface area (Å²) in [6.45, 7) is 6.17. The molecule has 0 atom stereocenters. The predicted octanol–water partition coefficient (Wildman–Crippen LogP) is 2.94. The summed E-state index contributed by atoms with van der Waals surface area (Å²) >= 11 is 0. The first-order valence-corrected chi connectivity index (χ1v) is 8.04. The zero-order chi connectivity index (χ0) is 13.8. The van der Waals surface area contributed by atoms with Crippen LogP contribution in [0.2, 0.25) is 0 Å². The molecule has 1 saturated carbocycles. The molecule has 0 aromatic heterocycles. The lowest BCUT2D eigenvalue weighted by Crippen LogP contribution is -2.37. The minimum atomic E-state index is 0.466. The highest BCUT2D eigenvalue weighted by molar-refractivity contribution is 5.54. The van der Waals surface area contributed by atoms with Crippen molar-refractivity contribution < 1.29 is 4.74 Å². The smallest absolute Gasteiger partial charge is 0.0608 e. The van der Waals surface area contributed by atoms with E-state index in [2.05, 4.69) is 41.4 Å². The Balaban J connectivity index is 1.61. The third-order valence-electron chi connectivity index (χ3n) is 4.34. The number of hydrogen-bond donors (Lipinski definition) is 1. The number of anilines is 1. The van der Waals surface area contributed by atoms with E-state index in [4.69, 9.17) is 4.74 Å². The number of hydrogen-bond acceptors (Lipinski definition) is 3. The monoisotopic (exact) mass is 274 g/mol. The molecular formula is C17H26N2O. The van der Waals surface area contributed by atoms with E-state index in [0.29, 0.717) is 6.10 Å². The summed E-state index contributed by atoms with van der Waals surface area (Å²) in [4.78, 5) is 2.53. The van der Waals surface area contributed by atoms with Crippen LogP contribution in [0.15, 0.2) is 24.3 Å². The van der Waals surface area contributed by atoms with Gasteiger partial charge in [-0.2, -0.15) is 0 Å². The molecule has 3 heteroatoms. The maximum Gasteiger partial charge on any atom is 0.0608 e. The molecule has 1 aromatic carbocycles. The van der Waals surface area contributed by atoms with Crippen molar-refractivity contribution in [2.75, 3.05) is 24.6 Å². The minimum absolute atomic E-state index is 0.466. The summed E-state index contributed by atoms with van der Waals surface area (Å²) in [5, 5.41) is 3.63. The second-order valence-corrected chi connectivity index (χ2v) is 5.93. The number of piperidine rings is 1. The van der Waals surface area contributed by atoms with Crippen LogP contribution in [-0.2, 0) is 11.3 Å². The molecular weight excluding hydrogens is 248 g/mol. The Morgan fingerprint density at radius 3 is 2.60 bits per heavy atom. The lowest BCUT2D eigenvalue weighted by Gasteiger charge is -2.34. The van der Waals surface area contributed by atoms with E-state index >= 15 is 0 Å². The Morgan fingerprint density at radius 2 is 1.90 bits per heavy atom. The van der Waals surface area contributed by atoms with E-state index in [0.717, 1.165) is 45.1 Å². The van der Waals surface area contributed by atoms with Gasteiger partial charge in [0.2, 0.25) is 0 Å². The molecule has 1 aliphatic carbocycles. The molecule has 1 heterocycles. The van der Waals surface area contributed by atoms with Crippen LogP contribution >= 0.6 is 0 Å². The quantitative estimate of drug-likeness (QED) is 0.863. The molecule has 1 aliphatic heterocycles. The standard InChI is InChI=1S/C17H26N2O/c1-2-20-16-9-11-19(12-10-16)17-6-4-3-5-14(17)13-18-15-7-8-15/h3-6,15-16,18H,2,7-13H2,1H3. The van der Waals surface area contributed by atoms with Crippen LogP contribution in [0, 0.1) is 0 Å². The Morgan fingerprint density at radius 1 is 1.15 bits per heavy atom. The van der Waals surface area contributed by atoms with Gasteiger partial charge in [-0.15, -0.1) is 0 Å². The van der Waals surface area contributed by atoms with Gasteiger partial charge in [-0.25, -0.2) is 0 Å². The lowest BCUT2D eigenvalue weighted by molar-refractivity contribution is 0.0459. The van der Waals surface area contributed by atoms with Crippen molar-refractivity contribution in [1.29, 1.82) is 0 Å². The fourth-order valence-electron chi connectivity index (χ4n) is 3.01. The summed E-state index contributed by atoms with van der Waals surface area (Å²) in [6.07, 6.45) is 5.47. The summed E-state index contributed by atoms with van der Waals surface area (Å²) in [6, 6.07) is 9.61. The molecule has 2 fully saturated rings. The van der Waals surface area contributed by atoms with E-state index in [-0.39, 0.29) is 0 Å². The highest BCUT2D eigenvalue weighted by Crippen LogP contribution is 2.26. The fourth-order valence-corrected chi connectivity index (χ4v) is 3.01. The van der Waals surface area contributed by atoms with Gasteiger partial charge in [-0.3, -0.25) is 0 Å². The Bertz CT molecular complexity index is 423. The molecule has 1 aromatic rings. The van der Waals surface area contributed by atoms with Crippen molar-refractivity contribution in [2.45, 2.75) is 51.3 Å².